The van der Waals surface area contributed by atoms with Gasteiger partial charge in [0, 0.05) is 10.7 Å². The van der Waals surface area contributed by atoms with E-state index in [1.54, 1.807) is 18.2 Å². The Bertz CT molecular complexity index is 1010. The van der Waals surface area contributed by atoms with Gasteiger partial charge in [-0.3, -0.25) is 4.79 Å². The topological polar surface area (TPSA) is 69.3 Å². The number of amides is 1. The van der Waals surface area contributed by atoms with Crippen LogP contribution in [0.15, 0.2) is 46.9 Å². The number of carbonyl (C=O) groups is 1. The quantitative estimate of drug-likeness (QED) is 0.604. The third kappa shape index (κ3) is 5.18. The van der Waals surface area contributed by atoms with E-state index in [1.807, 2.05) is 38.1 Å². The van der Waals surface area contributed by atoms with Gasteiger partial charge in [-0.15, -0.1) is 5.10 Å². The number of nitrogens with zero attached hydrogens (tertiary/aromatic N) is 2. The molecule has 0 aliphatic rings. The highest BCUT2D eigenvalue weighted by atomic mass is 35.5. The minimum absolute atomic E-state index is 0.0606. The Morgan fingerprint density at radius 2 is 2.00 bits per heavy atom. The molecule has 1 N–H and O–H groups in total. The summed E-state index contributed by atoms with van der Waals surface area (Å²) in [6.07, 6.45) is 0. The molecular formula is C19H18ClN3O3S. The lowest BCUT2D eigenvalue weighted by atomic mass is 10.2. The van der Waals surface area contributed by atoms with Crippen molar-refractivity contribution in [2.45, 2.75) is 27.0 Å². The standard InChI is InChI=1S/C19H18ClN3O3S/c1-12-3-6-15(7-4-12)25-11-18-22-23(19(27)26-18)10-17(24)21-16-8-5-14(20)9-13(16)2/h3-9H,10-11H2,1-2H3,(H,21,24). The maximum atomic E-state index is 12.3. The lowest BCUT2D eigenvalue weighted by Crippen LogP contribution is -2.20. The van der Waals surface area contributed by atoms with Crippen LogP contribution in [-0.4, -0.2) is 15.7 Å². The first-order valence-corrected chi connectivity index (χ1v) is 9.01. The SMILES string of the molecule is Cc1ccc(OCc2nn(CC(=O)Nc3ccc(Cl)cc3C)c(=S)o2)cc1. The van der Waals surface area contributed by atoms with Gasteiger partial charge in [0.25, 0.3) is 10.7 Å². The van der Waals surface area contributed by atoms with E-state index in [1.165, 1.54) is 4.68 Å². The number of rotatable bonds is 6. The molecule has 27 heavy (non-hydrogen) atoms. The Kier molecular flexibility index (Phi) is 5.93. The zero-order valence-electron chi connectivity index (χ0n) is 14.9. The molecule has 2 aromatic carbocycles. The Hall–Kier alpha value is -2.64. The van der Waals surface area contributed by atoms with Crippen LogP contribution >= 0.6 is 23.8 Å². The Morgan fingerprint density at radius 1 is 1.26 bits per heavy atom. The molecule has 0 saturated heterocycles. The van der Waals surface area contributed by atoms with Crippen LogP contribution in [0.1, 0.15) is 17.0 Å². The van der Waals surface area contributed by atoms with Crippen LogP contribution < -0.4 is 10.1 Å². The van der Waals surface area contributed by atoms with Crippen LogP contribution in [0.3, 0.4) is 0 Å². The average Bonchev–Trinajstić information content (AvgIpc) is 2.96. The molecule has 0 saturated carbocycles. The van der Waals surface area contributed by atoms with E-state index in [2.05, 4.69) is 10.4 Å². The van der Waals surface area contributed by atoms with Gasteiger partial charge < -0.3 is 14.5 Å². The van der Waals surface area contributed by atoms with E-state index in [-0.39, 0.29) is 23.9 Å². The van der Waals surface area contributed by atoms with Gasteiger partial charge >= 0.3 is 0 Å². The smallest absolute Gasteiger partial charge is 0.287 e. The van der Waals surface area contributed by atoms with Crippen molar-refractivity contribution in [2.75, 3.05) is 5.32 Å². The molecule has 1 amide bonds. The summed E-state index contributed by atoms with van der Waals surface area (Å²) in [6.45, 7) is 3.93. The maximum absolute atomic E-state index is 12.3. The summed E-state index contributed by atoms with van der Waals surface area (Å²) in [5.74, 6) is 0.735. The number of carbonyl (C=O) groups excluding carboxylic acids is 1. The van der Waals surface area contributed by atoms with E-state index >= 15 is 0 Å². The molecule has 140 valence electrons. The molecule has 0 aliphatic carbocycles. The van der Waals surface area contributed by atoms with Crippen molar-refractivity contribution >= 4 is 35.4 Å². The van der Waals surface area contributed by atoms with Crippen molar-refractivity contribution in [2.24, 2.45) is 0 Å². The summed E-state index contributed by atoms with van der Waals surface area (Å²) in [5, 5.41) is 7.62. The molecule has 8 heteroatoms. The lowest BCUT2D eigenvalue weighted by Gasteiger charge is -2.08. The highest BCUT2D eigenvalue weighted by molar-refractivity contribution is 7.71. The molecule has 1 aromatic heterocycles. The highest BCUT2D eigenvalue weighted by Gasteiger charge is 2.11. The number of aryl methyl sites for hydroxylation is 2. The fraction of sp³-hybridized carbons (Fsp3) is 0.211. The number of anilines is 1. The number of hydrogen-bond donors (Lipinski definition) is 1. The molecule has 0 radical (unpaired) electrons. The summed E-state index contributed by atoms with van der Waals surface area (Å²) in [7, 11) is 0. The molecule has 0 aliphatic heterocycles. The largest absolute Gasteiger partial charge is 0.484 e. The van der Waals surface area contributed by atoms with E-state index in [0.717, 1.165) is 11.1 Å². The second kappa shape index (κ2) is 8.37. The van der Waals surface area contributed by atoms with E-state index in [9.17, 15) is 4.79 Å². The third-order valence-electron chi connectivity index (χ3n) is 3.79. The van der Waals surface area contributed by atoms with Crippen molar-refractivity contribution in [3.63, 3.8) is 0 Å². The summed E-state index contributed by atoms with van der Waals surface area (Å²) in [4.78, 5) is 12.4. The number of aromatic nitrogens is 2. The van der Waals surface area contributed by atoms with Crippen LogP contribution in [0, 0.1) is 18.7 Å². The lowest BCUT2D eigenvalue weighted by molar-refractivity contribution is -0.117. The van der Waals surface area contributed by atoms with Crippen LogP contribution in [0.2, 0.25) is 5.02 Å². The normalized spacial score (nSPS) is 10.6. The first-order chi connectivity index (χ1) is 12.9. The van der Waals surface area contributed by atoms with Gasteiger partial charge in [-0.2, -0.15) is 0 Å². The summed E-state index contributed by atoms with van der Waals surface area (Å²) < 4.78 is 12.3. The Labute approximate surface area is 166 Å². The van der Waals surface area contributed by atoms with Gasteiger partial charge in [0.1, 0.15) is 12.3 Å². The van der Waals surface area contributed by atoms with E-state index in [0.29, 0.717) is 22.4 Å². The second-order valence-electron chi connectivity index (χ2n) is 6.03. The van der Waals surface area contributed by atoms with E-state index < -0.39 is 0 Å². The van der Waals surface area contributed by atoms with Crippen LogP contribution in [0.4, 0.5) is 5.69 Å². The van der Waals surface area contributed by atoms with Crippen molar-refractivity contribution in [1.29, 1.82) is 0 Å². The second-order valence-corrected chi connectivity index (χ2v) is 6.81. The molecule has 0 bridgehead atoms. The van der Waals surface area contributed by atoms with E-state index in [4.69, 9.17) is 33.0 Å². The monoisotopic (exact) mass is 403 g/mol. The van der Waals surface area contributed by atoms with Gasteiger partial charge in [0.15, 0.2) is 6.61 Å². The summed E-state index contributed by atoms with van der Waals surface area (Å²) >= 11 is 11.1. The maximum Gasteiger partial charge on any atom is 0.287 e. The van der Waals surface area contributed by atoms with Gasteiger partial charge in [0.2, 0.25) is 5.91 Å². The molecule has 3 aromatic rings. The fourth-order valence-electron chi connectivity index (χ4n) is 2.38. The molecule has 3 rings (SSSR count). The molecular weight excluding hydrogens is 386 g/mol. The van der Waals surface area contributed by atoms with Crippen LogP contribution in [-0.2, 0) is 17.9 Å². The fourth-order valence-corrected chi connectivity index (χ4v) is 2.81. The predicted octanol–water partition coefficient (Wildman–Crippen LogP) is 4.69. The third-order valence-corrected chi connectivity index (χ3v) is 4.32. The van der Waals surface area contributed by atoms with Crippen molar-refractivity contribution in [3.8, 4) is 5.75 Å². The van der Waals surface area contributed by atoms with Crippen molar-refractivity contribution in [1.82, 2.24) is 9.78 Å². The first kappa shape index (κ1) is 19.1. The van der Waals surface area contributed by atoms with Gasteiger partial charge in [-0.05, 0) is 62.0 Å². The zero-order chi connectivity index (χ0) is 19.4. The number of ether oxygens (including phenoxy) is 1. The number of halogens is 1. The average molecular weight is 404 g/mol. The van der Waals surface area contributed by atoms with Crippen molar-refractivity contribution < 1.29 is 13.9 Å². The minimum atomic E-state index is -0.268. The van der Waals surface area contributed by atoms with Gasteiger partial charge in [0.05, 0.1) is 0 Å². The minimum Gasteiger partial charge on any atom is -0.484 e. The number of nitrogens with one attached hydrogen (secondary N) is 1. The highest BCUT2D eigenvalue weighted by Crippen LogP contribution is 2.19. The summed E-state index contributed by atoms with van der Waals surface area (Å²) in [6, 6.07) is 12.9. The zero-order valence-corrected chi connectivity index (χ0v) is 16.4. The van der Waals surface area contributed by atoms with Crippen LogP contribution in [0.25, 0.3) is 0 Å². The first-order valence-electron chi connectivity index (χ1n) is 8.23. The Balaban J connectivity index is 1.61. The molecule has 0 atom stereocenters. The number of hydrogen-bond acceptors (Lipinski definition) is 5. The molecule has 0 unspecified atom stereocenters. The number of benzene rings is 2. The van der Waals surface area contributed by atoms with Crippen LogP contribution in [0.5, 0.6) is 5.75 Å². The van der Waals surface area contributed by atoms with Gasteiger partial charge in [-0.25, -0.2) is 4.68 Å². The predicted molar refractivity (Wildman–Crippen MR) is 106 cm³/mol. The Morgan fingerprint density at radius 3 is 2.70 bits per heavy atom. The van der Waals surface area contributed by atoms with Gasteiger partial charge in [-0.1, -0.05) is 29.3 Å². The molecule has 0 fully saturated rings. The molecule has 0 spiro atoms. The molecule has 6 nitrogen and oxygen atoms in total. The summed E-state index contributed by atoms with van der Waals surface area (Å²) in [5.41, 5.74) is 2.69. The van der Waals surface area contributed by atoms with Crippen molar-refractivity contribution in [3.05, 3.63) is 69.3 Å². The molecule has 1 heterocycles.